The number of likely N-dealkylation sites (N-methyl/N-ethyl adjacent to an activating group) is 1. The van der Waals surface area contributed by atoms with E-state index < -0.39 is 51.8 Å². The number of benzene rings is 2. The molecular formula is C21H22F2N4O5S. The highest BCUT2D eigenvalue weighted by Gasteiger charge is 2.35. The van der Waals surface area contributed by atoms with E-state index in [-0.39, 0.29) is 23.5 Å². The fourth-order valence-corrected chi connectivity index (χ4v) is 4.41. The number of hydrogen-bond acceptors (Lipinski definition) is 5. The van der Waals surface area contributed by atoms with Gasteiger partial charge >= 0.3 is 0 Å². The normalized spacial score (nSPS) is 16.2. The molecule has 176 valence electrons. The summed E-state index contributed by atoms with van der Waals surface area (Å²) >= 11 is 0. The number of hydrazine groups is 1. The number of anilines is 1. The molecule has 1 heterocycles. The number of nitrogens with zero attached hydrogens (tertiary/aromatic N) is 2. The monoisotopic (exact) mass is 480 g/mol. The Balaban J connectivity index is 1.54. The Labute approximate surface area is 189 Å². The van der Waals surface area contributed by atoms with Crippen LogP contribution in [0.2, 0.25) is 0 Å². The molecule has 0 saturated carbocycles. The zero-order valence-corrected chi connectivity index (χ0v) is 18.7. The first-order chi connectivity index (χ1) is 15.5. The molecule has 9 nitrogen and oxygen atoms in total. The molecule has 2 N–H and O–H groups in total. The van der Waals surface area contributed by atoms with Crippen molar-refractivity contribution in [2.24, 2.45) is 5.92 Å². The van der Waals surface area contributed by atoms with Crippen LogP contribution in [0, 0.1) is 24.5 Å². The number of carbonyl (C=O) groups excluding carboxylic acids is 3. The van der Waals surface area contributed by atoms with Crippen molar-refractivity contribution in [1.82, 2.24) is 15.2 Å². The summed E-state index contributed by atoms with van der Waals surface area (Å²) in [5.74, 6) is -4.59. The smallest absolute Gasteiger partial charge is 0.253 e. The lowest BCUT2D eigenvalue weighted by Gasteiger charge is -2.18. The summed E-state index contributed by atoms with van der Waals surface area (Å²) in [6.45, 7) is 1.11. The van der Waals surface area contributed by atoms with Gasteiger partial charge in [-0.25, -0.2) is 17.2 Å². The fourth-order valence-electron chi connectivity index (χ4n) is 3.28. The third-order valence-corrected chi connectivity index (χ3v) is 6.89. The molecule has 1 aliphatic rings. The van der Waals surface area contributed by atoms with Crippen LogP contribution >= 0.6 is 0 Å². The molecule has 0 bridgehead atoms. The van der Waals surface area contributed by atoms with Crippen molar-refractivity contribution in [3.8, 4) is 0 Å². The number of carbonyl (C=O) groups is 3. The zero-order valence-electron chi connectivity index (χ0n) is 17.8. The van der Waals surface area contributed by atoms with Gasteiger partial charge in [-0.3, -0.25) is 25.2 Å². The minimum Gasteiger partial charge on any atom is -0.311 e. The molecule has 3 rings (SSSR count). The van der Waals surface area contributed by atoms with Crippen molar-refractivity contribution in [3.05, 3.63) is 59.7 Å². The molecule has 12 heteroatoms. The van der Waals surface area contributed by atoms with Crippen LogP contribution in [-0.4, -0.2) is 50.6 Å². The number of hydrogen-bond donors (Lipinski definition) is 2. The van der Waals surface area contributed by atoms with Crippen LogP contribution in [0.5, 0.6) is 0 Å². The predicted octanol–water partition coefficient (Wildman–Crippen LogP) is 1.09. The SMILES string of the molecule is Cc1ccc(S(=O)(=O)N(C)CC(=O)NNC(=O)C2CC(=O)N(c3cc(F)cc(F)c3)C2)cc1. The minimum atomic E-state index is -3.91. The fraction of sp³-hybridized carbons (Fsp3) is 0.286. The standard InChI is InChI=1S/C21H22F2N4O5S/c1-13-3-5-18(6-4-13)33(31,32)26(2)12-19(28)24-25-21(30)14-7-20(29)27(11-14)17-9-15(22)8-16(23)10-17/h3-6,8-10,14H,7,11-12H2,1-2H3,(H,24,28)(H,25,30). The lowest BCUT2D eigenvalue weighted by molar-refractivity contribution is -0.131. The molecule has 2 aromatic carbocycles. The Morgan fingerprint density at radius 2 is 1.70 bits per heavy atom. The Kier molecular flexibility index (Phi) is 7.08. The van der Waals surface area contributed by atoms with Gasteiger partial charge in [0.2, 0.25) is 21.8 Å². The highest BCUT2D eigenvalue weighted by molar-refractivity contribution is 7.89. The largest absolute Gasteiger partial charge is 0.311 e. The molecule has 0 aliphatic carbocycles. The second-order valence-electron chi connectivity index (χ2n) is 7.64. The van der Waals surface area contributed by atoms with Crippen LogP contribution in [0.3, 0.4) is 0 Å². The second kappa shape index (κ2) is 9.63. The van der Waals surface area contributed by atoms with Crippen molar-refractivity contribution < 1.29 is 31.6 Å². The van der Waals surface area contributed by atoms with Crippen molar-refractivity contribution in [2.45, 2.75) is 18.2 Å². The maximum Gasteiger partial charge on any atom is 0.253 e. The maximum atomic E-state index is 13.4. The van der Waals surface area contributed by atoms with Crippen LogP contribution in [0.4, 0.5) is 14.5 Å². The van der Waals surface area contributed by atoms with Crippen molar-refractivity contribution in [3.63, 3.8) is 0 Å². The van der Waals surface area contributed by atoms with E-state index in [1.165, 1.54) is 19.2 Å². The van der Waals surface area contributed by atoms with Crippen molar-refractivity contribution >= 4 is 33.4 Å². The van der Waals surface area contributed by atoms with E-state index in [9.17, 15) is 31.6 Å². The number of amides is 3. The highest BCUT2D eigenvalue weighted by atomic mass is 32.2. The zero-order chi connectivity index (χ0) is 24.3. The Morgan fingerprint density at radius 1 is 1.09 bits per heavy atom. The molecule has 1 saturated heterocycles. The molecule has 1 unspecified atom stereocenters. The number of sulfonamides is 1. The van der Waals surface area contributed by atoms with Crippen LogP contribution in [0.25, 0.3) is 0 Å². The van der Waals surface area contributed by atoms with Gasteiger partial charge in [0.1, 0.15) is 11.6 Å². The van der Waals surface area contributed by atoms with E-state index in [2.05, 4.69) is 10.9 Å². The van der Waals surface area contributed by atoms with Crippen molar-refractivity contribution in [1.29, 1.82) is 0 Å². The van der Waals surface area contributed by atoms with E-state index in [4.69, 9.17) is 0 Å². The van der Waals surface area contributed by atoms with Gasteiger partial charge in [-0.1, -0.05) is 17.7 Å². The van der Waals surface area contributed by atoms with Gasteiger partial charge in [0.05, 0.1) is 17.4 Å². The topological polar surface area (TPSA) is 116 Å². The third kappa shape index (κ3) is 5.71. The molecular weight excluding hydrogens is 458 g/mol. The van der Waals surface area contributed by atoms with E-state index >= 15 is 0 Å². The minimum absolute atomic E-state index is 0.0141. The summed E-state index contributed by atoms with van der Waals surface area (Å²) in [6.07, 6.45) is -0.221. The highest BCUT2D eigenvalue weighted by Crippen LogP contribution is 2.26. The predicted molar refractivity (Wildman–Crippen MR) is 114 cm³/mol. The molecule has 1 atom stereocenters. The van der Waals surface area contributed by atoms with Crippen LogP contribution in [0.1, 0.15) is 12.0 Å². The average Bonchev–Trinajstić information content (AvgIpc) is 3.13. The van der Waals surface area contributed by atoms with Gasteiger partial charge in [-0.05, 0) is 31.2 Å². The second-order valence-corrected chi connectivity index (χ2v) is 9.69. The molecule has 33 heavy (non-hydrogen) atoms. The quantitative estimate of drug-likeness (QED) is 0.601. The summed E-state index contributed by atoms with van der Waals surface area (Å²) in [6, 6.07) is 8.74. The van der Waals surface area contributed by atoms with E-state index in [1.54, 1.807) is 12.1 Å². The van der Waals surface area contributed by atoms with Gasteiger partial charge in [0, 0.05) is 31.8 Å². The van der Waals surface area contributed by atoms with E-state index in [0.717, 1.165) is 26.9 Å². The Hall–Kier alpha value is -3.38. The van der Waals surface area contributed by atoms with Gasteiger partial charge in [-0.15, -0.1) is 0 Å². The molecule has 0 aromatic heterocycles. The molecule has 0 spiro atoms. The summed E-state index contributed by atoms with van der Waals surface area (Å²) in [7, 11) is -2.69. The molecule has 1 aliphatic heterocycles. The summed E-state index contributed by atoms with van der Waals surface area (Å²) < 4.78 is 52.8. The lowest BCUT2D eigenvalue weighted by atomic mass is 10.1. The number of nitrogens with one attached hydrogen (secondary N) is 2. The maximum absolute atomic E-state index is 13.4. The first kappa shape index (κ1) is 24.3. The van der Waals surface area contributed by atoms with E-state index in [0.29, 0.717) is 6.07 Å². The Bertz CT molecular complexity index is 1170. The van der Waals surface area contributed by atoms with Gasteiger partial charge < -0.3 is 4.90 Å². The van der Waals surface area contributed by atoms with Crippen LogP contribution in [-0.2, 0) is 24.4 Å². The van der Waals surface area contributed by atoms with Crippen molar-refractivity contribution in [2.75, 3.05) is 25.0 Å². The van der Waals surface area contributed by atoms with E-state index in [1.807, 2.05) is 6.92 Å². The Morgan fingerprint density at radius 3 is 2.30 bits per heavy atom. The summed E-state index contributed by atoms with van der Waals surface area (Å²) in [5, 5.41) is 0. The average molecular weight is 480 g/mol. The molecule has 1 fully saturated rings. The first-order valence-corrected chi connectivity index (χ1v) is 11.3. The summed E-state index contributed by atoms with van der Waals surface area (Å²) in [4.78, 5) is 37.8. The van der Waals surface area contributed by atoms with Crippen LogP contribution < -0.4 is 15.8 Å². The molecule has 3 amide bonds. The van der Waals surface area contributed by atoms with Gasteiger partial charge in [-0.2, -0.15) is 4.31 Å². The molecule has 2 aromatic rings. The summed E-state index contributed by atoms with van der Waals surface area (Å²) in [5.41, 5.74) is 5.14. The number of rotatable bonds is 6. The van der Waals surface area contributed by atoms with Crippen LogP contribution in [0.15, 0.2) is 47.4 Å². The third-order valence-electron chi connectivity index (χ3n) is 5.08. The number of halogens is 2. The van der Waals surface area contributed by atoms with Gasteiger partial charge in [0.25, 0.3) is 5.91 Å². The van der Waals surface area contributed by atoms with Gasteiger partial charge in [0.15, 0.2) is 0 Å². The first-order valence-electron chi connectivity index (χ1n) is 9.85. The molecule has 0 radical (unpaired) electrons. The number of aryl methyl sites for hydroxylation is 1. The lowest BCUT2D eigenvalue weighted by Crippen LogP contribution is -2.48.